The minimum absolute atomic E-state index is 0.0992. The van der Waals surface area contributed by atoms with Gasteiger partial charge in [-0.15, -0.1) is 0 Å². The second-order valence-corrected chi connectivity index (χ2v) is 9.45. The van der Waals surface area contributed by atoms with Gasteiger partial charge in [0.25, 0.3) is 0 Å². The molecule has 0 bridgehead atoms. The third-order valence-corrected chi connectivity index (χ3v) is 6.54. The molecule has 4 rings (SSSR count). The Morgan fingerprint density at radius 1 is 1.09 bits per heavy atom. The number of nitrogens with zero attached hydrogens (tertiary/aromatic N) is 3. The van der Waals surface area contributed by atoms with E-state index < -0.39 is 28.3 Å². The number of fused-ring (bicyclic) bond motifs is 1. The topological polar surface area (TPSA) is 146 Å². The van der Waals surface area contributed by atoms with Crippen LogP contribution in [0.5, 0.6) is 5.75 Å². The van der Waals surface area contributed by atoms with Gasteiger partial charge in [-0.1, -0.05) is 12.1 Å². The van der Waals surface area contributed by atoms with Gasteiger partial charge in [-0.2, -0.15) is 0 Å². The van der Waals surface area contributed by atoms with Crippen molar-refractivity contribution >= 4 is 38.2 Å². The summed E-state index contributed by atoms with van der Waals surface area (Å²) in [6.07, 6.45) is 1.33. The normalized spacial score (nSPS) is 11.5. The van der Waals surface area contributed by atoms with Crippen molar-refractivity contribution in [2.45, 2.75) is 6.42 Å². The number of pyridine rings is 1. The molecule has 2 aromatic heterocycles. The van der Waals surface area contributed by atoms with Crippen molar-refractivity contribution in [2.75, 3.05) is 35.7 Å². The number of halogens is 2. The van der Waals surface area contributed by atoms with Gasteiger partial charge in [-0.3, -0.25) is 9.11 Å². The lowest BCUT2D eigenvalue weighted by Gasteiger charge is -2.14. The van der Waals surface area contributed by atoms with Crippen molar-refractivity contribution < 1.29 is 21.9 Å². The largest absolute Gasteiger partial charge is 0.494 e. The van der Waals surface area contributed by atoms with Gasteiger partial charge in [-0.25, -0.2) is 27.8 Å². The van der Waals surface area contributed by atoms with Crippen molar-refractivity contribution in [1.82, 2.24) is 15.0 Å². The maximum Gasteiger partial charge on any atom is 0.232 e. The zero-order chi connectivity index (χ0) is 25.2. The molecule has 0 radical (unpaired) electrons. The Kier molecular flexibility index (Phi) is 6.65. The summed E-state index contributed by atoms with van der Waals surface area (Å²) in [5.41, 5.74) is 13.1. The molecule has 182 valence electrons. The molecule has 0 saturated carbocycles. The smallest absolute Gasteiger partial charge is 0.232 e. The third-order valence-electron chi connectivity index (χ3n) is 5.18. The summed E-state index contributed by atoms with van der Waals surface area (Å²) < 4.78 is 59.7. The minimum atomic E-state index is -3.91. The summed E-state index contributed by atoms with van der Waals surface area (Å²) in [4.78, 5) is 12.9. The van der Waals surface area contributed by atoms with Gasteiger partial charge in [0, 0.05) is 22.7 Å². The fraction of sp³-hybridized carbons (Fsp3) is 0.174. The number of aromatic nitrogens is 3. The van der Waals surface area contributed by atoms with Gasteiger partial charge in [0.15, 0.2) is 11.6 Å². The molecule has 2 aromatic carbocycles. The number of anilines is 3. The highest BCUT2D eigenvalue weighted by Crippen LogP contribution is 2.37. The molecule has 0 atom stereocenters. The second kappa shape index (κ2) is 9.66. The van der Waals surface area contributed by atoms with E-state index >= 15 is 4.39 Å². The fourth-order valence-corrected chi connectivity index (χ4v) is 4.58. The predicted molar refractivity (Wildman–Crippen MR) is 132 cm³/mol. The first kappa shape index (κ1) is 24.1. The van der Waals surface area contributed by atoms with Crippen LogP contribution in [0.4, 0.5) is 26.1 Å². The first-order valence-corrected chi connectivity index (χ1v) is 12.1. The molecule has 0 saturated heterocycles. The average Bonchev–Trinajstić information content (AvgIpc) is 2.84. The van der Waals surface area contributed by atoms with E-state index in [1.165, 1.54) is 31.5 Å². The highest BCUT2D eigenvalue weighted by atomic mass is 32.2. The van der Waals surface area contributed by atoms with Gasteiger partial charge in [0.2, 0.25) is 10.0 Å². The van der Waals surface area contributed by atoms with Gasteiger partial charge >= 0.3 is 0 Å². The van der Waals surface area contributed by atoms with Gasteiger partial charge in [-0.05, 0) is 42.3 Å². The summed E-state index contributed by atoms with van der Waals surface area (Å²) in [7, 11) is -2.48. The minimum Gasteiger partial charge on any atom is -0.494 e. The summed E-state index contributed by atoms with van der Waals surface area (Å²) in [5, 5.41) is 0.417. The zero-order valence-corrected chi connectivity index (χ0v) is 19.4. The van der Waals surface area contributed by atoms with Crippen LogP contribution >= 0.6 is 0 Å². The van der Waals surface area contributed by atoms with E-state index in [0.29, 0.717) is 39.4 Å². The SMILES string of the molecule is COc1cc(-c2cccc(NS(=O)(=O)CCCF)c2F)cc2c(N)nc(-c3ccc(N)nc3)nc12. The molecule has 0 aliphatic rings. The Hall–Kier alpha value is -4.06. The van der Waals surface area contributed by atoms with Gasteiger partial charge in [0.1, 0.15) is 22.9 Å². The van der Waals surface area contributed by atoms with E-state index in [1.807, 2.05) is 0 Å². The molecule has 0 amide bonds. The summed E-state index contributed by atoms with van der Waals surface area (Å²) >= 11 is 0. The number of nitrogen functional groups attached to an aromatic ring is 2. The van der Waals surface area contributed by atoms with Crippen LogP contribution in [0, 0.1) is 5.82 Å². The highest BCUT2D eigenvalue weighted by molar-refractivity contribution is 7.92. The molecular formula is C23H22F2N6O3S. The van der Waals surface area contributed by atoms with Gasteiger partial charge < -0.3 is 16.2 Å². The van der Waals surface area contributed by atoms with E-state index in [9.17, 15) is 12.8 Å². The predicted octanol–water partition coefficient (Wildman–Crippen LogP) is 3.77. The molecular weight excluding hydrogens is 478 g/mol. The number of benzene rings is 2. The van der Waals surface area contributed by atoms with E-state index in [1.54, 1.807) is 24.3 Å². The van der Waals surface area contributed by atoms with Crippen molar-refractivity contribution in [1.29, 1.82) is 0 Å². The summed E-state index contributed by atoms with van der Waals surface area (Å²) in [6, 6.07) is 10.8. The number of nitrogens with one attached hydrogen (secondary N) is 1. The second-order valence-electron chi connectivity index (χ2n) is 7.61. The monoisotopic (exact) mass is 500 g/mol. The van der Waals surface area contributed by atoms with Crippen LogP contribution in [-0.4, -0.2) is 42.9 Å². The number of ether oxygens (including phenoxy) is 1. The van der Waals surface area contributed by atoms with Crippen LogP contribution in [0.3, 0.4) is 0 Å². The molecule has 2 heterocycles. The number of methoxy groups -OCH3 is 1. The van der Waals surface area contributed by atoms with Crippen molar-refractivity contribution in [3.63, 3.8) is 0 Å². The Morgan fingerprint density at radius 2 is 1.89 bits per heavy atom. The molecule has 35 heavy (non-hydrogen) atoms. The first-order chi connectivity index (χ1) is 16.7. The average molecular weight is 501 g/mol. The Balaban J connectivity index is 1.80. The Morgan fingerprint density at radius 3 is 2.57 bits per heavy atom. The third kappa shape index (κ3) is 5.06. The molecule has 0 unspecified atom stereocenters. The number of rotatable bonds is 8. The van der Waals surface area contributed by atoms with Gasteiger partial charge in [0.05, 0.1) is 25.2 Å². The lowest BCUT2D eigenvalue weighted by molar-refractivity contribution is 0.419. The molecule has 12 heteroatoms. The summed E-state index contributed by atoms with van der Waals surface area (Å²) in [6.45, 7) is -0.791. The molecule has 0 spiro atoms. The molecule has 0 fully saturated rings. The fourth-order valence-electron chi connectivity index (χ4n) is 3.50. The quantitative estimate of drug-likeness (QED) is 0.331. The molecule has 0 aliphatic heterocycles. The van der Waals surface area contributed by atoms with Crippen LogP contribution in [-0.2, 0) is 10.0 Å². The van der Waals surface area contributed by atoms with E-state index in [4.69, 9.17) is 16.2 Å². The number of hydrogen-bond acceptors (Lipinski definition) is 8. The maximum atomic E-state index is 15.3. The molecule has 9 nitrogen and oxygen atoms in total. The standard InChI is InChI=1S/C23H22F2N6O3S/c1-34-18-11-14(15-4-2-5-17(20(15)25)31-35(32,33)9-3-8-24)10-16-21(18)29-23(30-22(16)27)13-6-7-19(26)28-12-13/h2,4-7,10-12,31H,3,8-9H2,1H3,(H2,26,28)(H2,27,29,30). The number of hydrogen-bond donors (Lipinski definition) is 3. The van der Waals surface area contributed by atoms with Crippen LogP contribution in [0.2, 0.25) is 0 Å². The maximum absolute atomic E-state index is 15.3. The van der Waals surface area contributed by atoms with Crippen LogP contribution < -0.4 is 20.9 Å². The van der Waals surface area contributed by atoms with E-state index in [0.717, 1.165) is 0 Å². The molecule has 5 N–H and O–H groups in total. The van der Waals surface area contributed by atoms with Crippen LogP contribution in [0.15, 0.2) is 48.7 Å². The van der Waals surface area contributed by atoms with Crippen molar-refractivity contribution in [2.24, 2.45) is 0 Å². The first-order valence-electron chi connectivity index (χ1n) is 10.4. The zero-order valence-electron chi connectivity index (χ0n) is 18.6. The molecule has 4 aromatic rings. The highest BCUT2D eigenvalue weighted by Gasteiger charge is 2.19. The van der Waals surface area contributed by atoms with Crippen LogP contribution in [0.1, 0.15) is 6.42 Å². The Labute approximate surface area is 200 Å². The van der Waals surface area contributed by atoms with Crippen LogP contribution in [0.25, 0.3) is 33.4 Å². The number of sulfonamides is 1. The lowest BCUT2D eigenvalue weighted by atomic mass is 10.0. The van der Waals surface area contributed by atoms with Crippen molar-refractivity contribution in [3.8, 4) is 28.3 Å². The van der Waals surface area contributed by atoms with E-state index in [2.05, 4.69) is 19.7 Å². The lowest BCUT2D eigenvalue weighted by Crippen LogP contribution is -2.18. The number of alkyl halides is 1. The number of nitrogens with two attached hydrogens (primary N) is 2. The summed E-state index contributed by atoms with van der Waals surface area (Å²) in [5.74, 6) is -0.170. The van der Waals surface area contributed by atoms with Crippen molar-refractivity contribution in [3.05, 3.63) is 54.5 Å². The Bertz CT molecular complexity index is 1500. The molecule has 0 aliphatic carbocycles. The van der Waals surface area contributed by atoms with E-state index in [-0.39, 0.29) is 23.5 Å².